The molecule has 1 amide bonds. The van der Waals surface area contributed by atoms with Gasteiger partial charge in [-0.15, -0.1) is 0 Å². The molecule has 0 saturated heterocycles. The Morgan fingerprint density at radius 3 is 2.52 bits per heavy atom. The van der Waals surface area contributed by atoms with E-state index in [1.807, 2.05) is 0 Å². The Kier molecular flexibility index (Phi) is 7.63. The Morgan fingerprint density at radius 1 is 1.30 bits per heavy atom. The summed E-state index contributed by atoms with van der Waals surface area (Å²) < 4.78 is 31.5. The zero-order valence-corrected chi connectivity index (χ0v) is 13.8. The van der Waals surface area contributed by atoms with Crippen molar-refractivity contribution in [3.8, 4) is 5.75 Å². The van der Waals surface area contributed by atoms with Crippen molar-refractivity contribution >= 4 is 21.8 Å². The van der Waals surface area contributed by atoms with Crippen molar-refractivity contribution in [3.63, 3.8) is 0 Å². The van der Waals surface area contributed by atoms with E-state index in [1.54, 1.807) is 24.3 Å². The smallest absolute Gasteiger partial charge is 0.404 e. The number of anilines is 1. The van der Waals surface area contributed by atoms with Crippen molar-refractivity contribution in [3.05, 3.63) is 24.3 Å². The van der Waals surface area contributed by atoms with Crippen molar-refractivity contribution in [2.45, 2.75) is 25.3 Å². The molecule has 130 valence electrons. The summed E-state index contributed by atoms with van der Waals surface area (Å²) in [5, 5.41) is 10.7. The molecule has 5 N–H and O–H groups in total. The highest BCUT2D eigenvalue weighted by molar-refractivity contribution is 7.92. The summed E-state index contributed by atoms with van der Waals surface area (Å²) in [5.74, 6) is 0.449. The first-order chi connectivity index (χ1) is 10.8. The molecule has 0 aliphatic rings. The highest BCUT2D eigenvalue weighted by atomic mass is 32.2. The van der Waals surface area contributed by atoms with Crippen LogP contribution >= 0.6 is 0 Å². The number of unbranched alkanes of at least 4 members (excludes halogenated alkanes) is 1. The van der Waals surface area contributed by atoms with Crippen LogP contribution in [0, 0.1) is 0 Å². The van der Waals surface area contributed by atoms with Gasteiger partial charge in [-0.05, 0) is 37.1 Å². The van der Waals surface area contributed by atoms with Gasteiger partial charge in [0.05, 0.1) is 12.9 Å². The Bertz CT molecular complexity index is 589. The number of nitrogens with one attached hydrogen (secondary N) is 2. The van der Waals surface area contributed by atoms with Gasteiger partial charge in [0.1, 0.15) is 5.75 Å². The van der Waals surface area contributed by atoms with Gasteiger partial charge in [0, 0.05) is 18.3 Å². The number of nitrogens with two attached hydrogens (primary N) is 1. The summed E-state index contributed by atoms with van der Waals surface area (Å²) >= 11 is 0. The Morgan fingerprint density at radius 2 is 1.96 bits per heavy atom. The van der Waals surface area contributed by atoms with Gasteiger partial charge in [-0.2, -0.15) is 0 Å². The molecule has 0 aromatic heterocycles. The zero-order chi connectivity index (χ0) is 17.3. The van der Waals surface area contributed by atoms with E-state index in [2.05, 4.69) is 10.0 Å². The molecule has 23 heavy (non-hydrogen) atoms. The topological polar surface area (TPSA) is 131 Å². The molecule has 0 aliphatic heterocycles. The summed E-state index contributed by atoms with van der Waals surface area (Å²) in [6.45, 7) is 0.332. The van der Waals surface area contributed by atoms with E-state index < -0.39 is 22.2 Å². The predicted octanol–water partition coefficient (Wildman–Crippen LogP) is 1.20. The second kappa shape index (κ2) is 9.21. The molecule has 8 nitrogen and oxygen atoms in total. The first-order valence-corrected chi connectivity index (χ1v) is 8.84. The molecule has 0 aliphatic carbocycles. The van der Waals surface area contributed by atoms with Crippen LogP contribution in [0.3, 0.4) is 0 Å². The lowest BCUT2D eigenvalue weighted by atomic mass is 10.1. The Hall–Kier alpha value is -2.00. The SMILES string of the molecule is COc1ccc(NS(=O)(=O)C[C@@H](N)CCCCNC(=O)O)cc1. The summed E-state index contributed by atoms with van der Waals surface area (Å²) in [6, 6.07) is 6.04. The second-order valence-corrected chi connectivity index (χ2v) is 6.87. The molecule has 1 aromatic rings. The number of sulfonamides is 1. The summed E-state index contributed by atoms with van der Waals surface area (Å²) in [6.07, 6.45) is 0.705. The molecule has 1 aromatic carbocycles. The van der Waals surface area contributed by atoms with Crippen LogP contribution in [0.5, 0.6) is 5.75 Å². The van der Waals surface area contributed by atoms with E-state index in [9.17, 15) is 13.2 Å². The fourth-order valence-electron chi connectivity index (χ4n) is 1.97. The molecule has 0 heterocycles. The lowest BCUT2D eigenvalue weighted by Gasteiger charge is -2.13. The van der Waals surface area contributed by atoms with Crippen LogP contribution in [-0.2, 0) is 10.0 Å². The maximum absolute atomic E-state index is 12.0. The average Bonchev–Trinajstić information content (AvgIpc) is 2.46. The lowest BCUT2D eigenvalue weighted by molar-refractivity contribution is 0.194. The van der Waals surface area contributed by atoms with Crippen LogP contribution in [0.4, 0.5) is 10.5 Å². The Balaban J connectivity index is 2.36. The first kappa shape index (κ1) is 19.0. The minimum absolute atomic E-state index is 0.189. The fourth-order valence-corrected chi connectivity index (χ4v) is 3.28. The van der Waals surface area contributed by atoms with Crippen molar-refractivity contribution in [1.82, 2.24) is 5.32 Å². The molecule has 0 spiro atoms. The van der Waals surface area contributed by atoms with Gasteiger partial charge in [-0.3, -0.25) is 4.72 Å². The largest absolute Gasteiger partial charge is 0.497 e. The van der Waals surface area contributed by atoms with E-state index in [4.69, 9.17) is 15.6 Å². The molecule has 9 heteroatoms. The summed E-state index contributed by atoms with van der Waals surface area (Å²) in [5.41, 5.74) is 6.27. The average molecular weight is 345 g/mol. The van der Waals surface area contributed by atoms with Gasteiger partial charge in [0.2, 0.25) is 10.0 Å². The van der Waals surface area contributed by atoms with Gasteiger partial charge in [-0.1, -0.05) is 6.42 Å². The zero-order valence-electron chi connectivity index (χ0n) is 13.0. The molecule has 1 atom stereocenters. The van der Waals surface area contributed by atoms with E-state index >= 15 is 0 Å². The second-order valence-electron chi connectivity index (χ2n) is 5.10. The number of rotatable bonds is 10. The molecule has 0 saturated carbocycles. The van der Waals surface area contributed by atoms with Gasteiger partial charge < -0.3 is 20.9 Å². The number of carbonyl (C=O) groups is 1. The van der Waals surface area contributed by atoms with E-state index in [0.29, 0.717) is 37.2 Å². The summed E-state index contributed by atoms with van der Waals surface area (Å²) in [4.78, 5) is 10.3. The maximum atomic E-state index is 12.0. The molecule has 0 radical (unpaired) electrons. The van der Waals surface area contributed by atoms with Crippen LogP contribution in [0.25, 0.3) is 0 Å². The minimum atomic E-state index is -3.54. The summed E-state index contributed by atoms with van der Waals surface area (Å²) in [7, 11) is -2.00. The number of amides is 1. The molecule has 0 bridgehead atoms. The third-order valence-corrected chi connectivity index (χ3v) is 4.49. The van der Waals surface area contributed by atoms with Crippen molar-refractivity contribution in [1.29, 1.82) is 0 Å². The maximum Gasteiger partial charge on any atom is 0.404 e. The van der Waals surface area contributed by atoms with Gasteiger partial charge in [0.15, 0.2) is 0 Å². The standard InChI is InChI=1S/C14H23N3O5S/c1-22-13-7-5-12(6-8-13)17-23(20,21)10-11(15)4-2-3-9-16-14(18)19/h5-8,11,16-17H,2-4,9-10,15H2,1H3,(H,18,19)/t11-/m0/s1. The van der Waals surface area contributed by atoms with Crippen LogP contribution in [0.2, 0.25) is 0 Å². The number of carboxylic acid groups (broad SMARTS) is 1. The minimum Gasteiger partial charge on any atom is -0.497 e. The van der Waals surface area contributed by atoms with Crippen molar-refractivity contribution < 1.29 is 23.1 Å². The van der Waals surface area contributed by atoms with Crippen LogP contribution in [0.1, 0.15) is 19.3 Å². The van der Waals surface area contributed by atoms with Crippen LogP contribution in [0.15, 0.2) is 24.3 Å². The number of methoxy groups -OCH3 is 1. The molecule has 0 unspecified atom stereocenters. The highest BCUT2D eigenvalue weighted by Gasteiger charge is 2.16. The van der Waals surface area contributed by atoms with E-state index in [-0.39, 0.29) is 5.75 Å². The number of hydrogen-bond acceptors (Lipinski definition) is 5. The first-order valence-electron chi connectivity index (χ1n) is 7.19. The third kappa shape index (κ3) is 8.27. The predicted molar refractivity (Wildman–Crippen MR) is 88.3 cm³/mol. The number of ether oxygens (including phenoxy) is 1. The monoisotopic (exact) mass is 345 g/mol. The fraction of sp³-hybridized carbons (Fsp3) is 0.500. The third-order valence-electron chi connectivity index (χ3n) is 3.07. The molecular weight excluding hydrogens is 322 g/mol. The van der Waals surface area contributed by atoms with Crippen LogP contribution in [-0.4, -0.2) is 45.1 Å². The van der Waals surface area contributed by atoms with Gasteiger partial charge in [0.25, 0.3) is 0 Å². The van der Waals surface area contributed by atoms with Crippen molar-refractivity contribution in [2.75, 3.05) is 24.1 Å². The van der Waals surface area contributed by atoms with Gasteiger partial charge in [-0.25, -0.2) is 13.2 Å². The van der Waals surface area contributed by atoms with E-state index in [0.717, 1.165) is 0 Å². The van der Waals surface area contributed by atoms with Crippen LogP contribution < -0.4 is 20.5 Å². The van der Waals surface area contributed by atoms with Crippen molar-refractivity contribution in [2.24, 2.45) is 5.73 Å². The number of benzene rings is 1. The molecule has 0 fully saturated rings. The lowest BCUT2D eigenvalue weighted by Crippen LogP contribution is -2.33. The molecular formula is C14H23N3O5S. The normalized spacial score (nSPS) is 12.4. The Labute approximate surface area is 136 Å². The quantitative estimate of drug-likeness (QED) is 0.471. The number of hydrogen-bond donors (Lipinski definition) is 4. The molecule has 1 rings (SSSR count). The van der Waals surface area contributed by atoms with E-state index in [1.165, 1.54) is 7.11 Å². The highest BCUT2D eigenvalue weighted by Crippen LogP contribution is 2.16. The van der Waals surface area contributed by atoms with Gasteiger partial charge >= 0.3 is 6.09 Å².